The average Bonchev–Trinajstić information content (AvgIpc) is 2.86. The van der Waals surface area contributed by atoms with E-state index in [4.69, 9.17) is 4.84 Å². The van der Waals surface area contributed by atoms with Crippen LogP contribution in [0, 0.1) is 0 Å². The number of pyridine rings is 2. The Hall–Kier alpha value is -3.61. The van der Waals surface area contributed by atoms with Gasteiger partial charge in [0.25, 0.3) is 11.8 Å². The Morgan fingerprint density at radius 3 is 2.25 bits per heavy atom. The summed E-state index contributed by atoms with van der Waals surface area (Å²) < 4.78 is 0. The monoisotopic (exact) mass is 319 g/mol. The molecule has 2 aromatic heterocycles. The number of hydroxylamine groups is 2. The molecule has 2 amide bonds. The van der Waals surface area contributed by atoms with Crippen molar-refractivity contribution in [2.24, 2.45) is 0 Å². The molecule has 3 aromatic rings. The number of carbonyl (C=O) groups excluding carboxylic acids is 3. The van der Waals surface area contributed by atoms with Crippen molar-refractivity contribution in [1.29, 1.82) is 0 Å². The molecule has 0 fully saturated rings. The van der Waals surface area contributed by atoms with Crippen molar-refractivity contribution in [3.63, 3.8) is 0 Å². The number of carbonyl (C=O) groups is 3. The second-order valence-electron chi connectivity index (χ2n) is 5.06. The fourth-order valence-electron chi connectivity index (χ4n) is 2.54. The lowest BCUT2D eigenvalue weighted by atomic mass is 10.1. The number of imide groups is 1. The molecule has 0 atom stereocenters. The van der Waals surface area contributed by atoms with Crippen molar-refractivity contribution in [3.8, 4) is 0 Å². The number of hydrogen-bond donors (Lipinski definition) is 0. The SMILES string of the molecule is O=C(ON1C(=O)c2ccccc2C1=O)c1ccnc2ncccc12. The summed E-state index contributed by atoms with van der Waals surface area (Å²) in [7, 11) is 0. The van der Waals surface area contributed by atoms with Crippen LogP contribution in [0.3, 0.4) is 0 Å². The molecule has 0 unspecified atom stereocenters. The smallest absolute Gasteiger partial charge is 0.324 e. The number of amides is 2. The maximum atomic E-state index is 12.4. The lowest BCUT2D eigenvalue weighted by Crippen LogP contribution is -2.32. The molecule has 0 spiro atoms. The van der Waals surface area contributed by atoms with Crippen LogP contribution in [0.25, 0.3) is 11.0 Å². The summed E-state index contributed by atoms with van der Waals surface area (Å²) in [6.45, 7) is 0. The summed E-state index contributed by atoms with van der Waals surface area (Å²) in [4.78, 5) is 50.1. The molecule has 0 saturated carbocycles. The van der Waals surface area contributed by atoms with E-state index in [-0.39, 0.29) is 16.7 Å². The predicted molar refractivity (Wildman–Crippen MR) is 81.9 cm³/mol. The van der Waals surface area contributed by atoms with E-state index in [1.165, 1.54) is 24.4 Å². The molecule has 1 aliphatic rings. The minimum atomic E-state index is -0.829. The van der Waals surface area contributed by atoms with Gasteiger partial charge in [-0.25, -0.2) is 14.8 Å². The highest BCUT2D eigenvalue weighted by Gasteiger charge is 2.38. The average molecular weight is 319 g/mol. The second-order valence-corrected chi connectivity index (χ2v) is 5.06. The Balaban J connectivity index is 1.68. The molecule has 1 aliphatic heterocycles. The Kier molecular flexibility index (Phi) is 3.06. The molecule has 0 saturated heterocycles. The summed E-state index contributed by atoms with van der Waals surface area (Å²) in [6, 6.07) is 11.1. The Bertz CT molecular complexity index is 975. The van der Waals surface area contributed by atoms with Crippen LogP contribution in [0.5, 0.6) is 0 Å². The first-order valence-corrected chi connectivity index (χ1v) is 7.06. The molecule has 0 aliphatic carbocycles. The number of aromatic nitrogens is 2. The van der Waals surface area contributed by atoms with Gasteiger partial charge in [0.1, 0.15) is 0 Å². The largest absolute Gasteiger partial charge is 0.364 e. The first-order chi connectivity index (χ1) is 11.7. The normalized spacial score (nSPS) is 13.2. The zero-order chi connectivity index (χ0) is 16.7. The molecular weight excluding hydrogens is 310 g/mol. The van der Waals surface area contributed by atoms with Crippen molar-refractivity contribution < 1.29 is 19.2 Å². The fraction of sp³-hybridized carbons (Fsp3) is 0. The molecule has 0 N–H and O–H groups in total. The minimum Gasteiger partial charge on any atom is -0.324 e. The molecule has 7 heteroatoms. The van der Waals surface area contributed by atoms with Gasteiger partial charge in [-0.15, -0.1) is 0 Å². The first-order valence-electron chi connectivity index (χ1n) is 7.06. The summed E-state index contributed by atoms with van der Waals surface area (Å²) in [5, 5.41) is 0.955. The molecule has 0 radical (unpaired) electrons. The third kappa shape index (κ3) is 2.03. The van der Waals surface area contributed by atoms with Crippen LogP contribution in [0.15, 0.2) is 54.9 Å². The van der Waals surface area contributed by atoms with Crippen molar-refractivity contribution in [2.75, 3.05) is 0 Å². The Morgan fingerprint density at radius 1 is 0.875 bits per heavy atom. The fourth-order valence-corrected chi connectivity index (χ4v) is 2.54. The summed E-state index contributed by atoms with van der Waals surface area (Å²) in [5.74, 6) is -2.16. The molecular formula is C17H9N3O4. The number of benzene rings is 1. The Morgan fingerprint density at radius 2 is 1.54 bits per heavy atom. The van der Waals surface area contributed by atoms with Gasteiger partial charge in [-0.05, 0) is 30.3 Å². The van der Waals surface area contributed by atoms with E-state index in [9.17, 15) is 14.4 Å². The van der Waals surface area contributed by atoms with Crippen molar-refractivity contribution in [1.82, 2.24) is 15.0 Å². The molecule has 24 heavy (non-hydrogen) atoms. The summed E-state index contributed by atoms with van der Waals surface area (Å²) in [6.07, 6.45) is 2.96. The highest BCUT2D eigenvalue weighted by Crippen LogP contribution is 2.24. The third-order valence-corrected chi connectivity index (χ3v) is 3.67. The quantitative estimate of drug-likeness (QED) is 0.671. The highest BCUT2D eigenvalue weighted by molar-refractivity contribution is 6.21. The molecule has 3 heterocycles. The maximum Gasteiger partial charge on any atom is 0.364 e. The predicted octanol–water partition coefficient (Wildman–Crippen LogP) is 2.00. The second kappa shape index (κ2) is 5.24. The summed E-state index contributed by atoms with van der Waals surface area (Å²) in [5.41, 5.74) is 0.951. The van der Waals surface area contributed by atoms with Gasteiger partial charge in [-0.2, -0.15) is 0 Å². The zero-order valence-corrected chi connectivity index (χ0v) is 12.2. The van der Waals surface area contributed by atoms with Gasteiger partial charge in [0, 0.05) is 17.8 Å². The number of hydrogen-bond acceptors (Lipinski definition) is 6. The van der Waals surface area contributed by atoms with Gasteiger partial charge in [0.15, 0.2) is 5.65 Å². The highest BCUT2D eigenvalue weighted by atomic mass is 16.7. The van der Waals surface area contributed by atoms with Crippen LogP contribution in [0.4, 0.5) is 0 Å². The minimum absolute atomic E-state index is 0.171. The van der Waals surface area contributed by atoms with Gasteiger partial charge in [0.2, 0.25) is 0 Å². The van der Waals surface area contributed by atoms with Gasteiger partial charge < -0.3 is 4.84 Å². The van der Waals surface area contributed by atoms with Crippen LogP contribution < -0.4 is 0 Å². The molecule has 1 aromatic carbocycles. The number of rotatable bonds is 2. The standard InChI is InChI=1S/C17H9N3O4/c21-15-11-4-1-2-5-12(11)16(22)20(15)24-17(23)13-7-9-19-14-10(13)6-3-8-18-14/h1-9H. The van der Waals surface area contributed by atoms with Crippen molar-refractivity contribution >= 4 is 28.8 Å². The lowest BCUT2D eigenvalue weighted by Gasteiger charge is -2.13. The third-order valence-electron chi connectivity index (χ3n) is 3.67. The van der Waals surface area contributed by atoms with E-state index in [0.29, 0.717) is 16.1 Å². The first kappa shape index (κ1) is 14.0. The van der Waals surface area contributed by atoms with Crippen LogP contribution in [-0.4, -0.2) is 32.8 Å². The van der Waals surface area contributed by atoms with Gasteiger partial charge in [0.05, 0.1) is 16.7 Å². The number of fused-ring (bicyclic) bond motifs is 2. The van der Waals surface area contributed by atoms with Gasteiger partial charge in [-0.3, -0.25) is 9.59 Å². The molecule has 116 valence electrons. The molecule has 4 rings (SSSR count). The van der Waals surface area contributed by atoms with Crippen molar-refractivity contribution in [3.05, 3.63) is 71.5 Å². The zero-order valence-electron chi connectivity index (χ0n) is 12.2. The topological polar surface area (TPSA) is 89.5 Å². The molecule has 7 nitrogen and oxygen atoms in total. The number of nitrogens with zero attached hydrogens (tertiary/aromatic N) is 3. The van der Waals surface area contributed by atoms with E-state index >= 15 is 0 Å². The van der Waals surface area contributed by atoms with E-state index in [1.807, 2.05) is 0 Å². The summed E-state index contributed by atoms with van der Waals surface area (Å²) >= 11 is 0. The van der Waals surface area contributed by atoms with E-state index < -0.39 is 17.8 Å². The van der Waals surface area contributed by atoms with E-state index in [1.54, 1.807) is 30.5 Å². The van der Waals surface area contributed by atoms with E-state index in [0.717, 1.165) is 0 Å². The van der Waals surface area contributed by atoms with Crippen molar-refractivity contribution in [2.45, 2.75) is 0 Å². The van der Waals surface area contributed by atoms with Crippen LogP contribution >= 0.6 is 0 Å². The van der Waals surface area contributed by atoms with Crippen LogP contribution in [0.2, 0.25) is 0 Å². The maximum absolute atomic E-state index is 12.4. The lowest BCUT2D eigenvalue weighted by molar-refractivity contribution is -0.0583. The van der Waals surface area contributed by atoms with Gasteiger partial charge >= 0.3 is 5.97 Å². The van der Waals surface area contributed by atoms with Gasteiger partial charge in [-0.1, -0.05) is 17.2 Å². The Labute approximate surface area is 135 Å². The van der Waals surface area contributed by atoms with E-state index in [2.05, 4.69) is 9.97 Å². The van der Waals surface area contributed by atoms with Crippen LogP contribution in [0.1, 0.15) is 31.1 Å². The molecule has 0 bridgehead atoms. The van der Waals surface area contributed by atoms with Crippen LogP contribution in [-0.2, 0) is 4.84 Å².